The van der Waals surface area contributed by atoms with Gasteiger partial charge in [0, 0.05) is 37.6 Å². The topological polar surface area (TPSA) is 48.5 Å². The van der Waals surface area contributed by atoms with Crippen LogP contribution < -0.4 is 15.1 Å². The number of piperidine rings is 1. The molecule has 0 unspecified atom stereocenters. The summed E-state index contributed by atoms with van der Waals surface area (Å²) in [6.07, 6.45) is 4.25. The first-order valence-electron chi connectivity index (χ1n) is 10.4. The molecule has 1 aliphatic rings. The summed E-state index contributed by atoms with van der Waals surface area (Å²) in [5.41, 5.74) is 4.61. The molecule has 0 spiro atoms. The number of aryl methyl sites for hydroxylation is 1. The second-order valence-corrected chi connectivity index (χ2v) is 7.70. The lowest BCUT2D eigenvalue weighted by molar-refractivity contribution is 0.102. The third kappa shape index (κ3) is 4.64. The van der Waals surface area contributed by atoms with Gasteiger partial charge in [-0.05, 0) is 75.4 Å². The first-order chi connectivity index (χ1) is 13.5. The number of amides is 1. The fourth-order valence-electron chi connectivity index (χ4n) is 3.73. The van der Waals surface area contributed by atoms with Crippen molar-refractivity contribution in [3.05, 3.63) is 47.8 Å². The second kappa shape index (κ2) is 9.09. The van der Waals surface area contributed by atoms with E-state index in [9.17, 15) is 4.79 Å². The smallest absolute Gasteiger partial charge is 0.274 e. The molecule has 1 N–H and O–H groups in total. The predicted octanol–water partition coefficient (Wildman–Crippen LogP) is 4.72. The number of aromatic nitrogens is 1. The van der Waals surface area contributed by atoms with Gasteiger partial charge in [-0.1, -0.05) is 6.92 Å². The van der Waals surface area contributed by atoms with Crippen LogP contribution in [0.1, 0.15) is 49.7 Å². The Hall–Kier alpha value is -2.56. The summed E-state index contributed by atoms with van der Waals surface area (Å²) in [7, 11) is 0. The molecule has 1 aromatic heterocycles. The van der Waals surface area contributed by atoms with Gasteiger partial charge in [-0.3, -0.25) is 4.79 Å². The van der Waals surface area contributed by atoms with Crippen molar-refractivity contribution < 1.29 is 4.79 Å². The number of hydrogen-bond donors (Lipinski definition) is 1. The van der Waals surface area contributed by atoms with Crippen LogP contribution >= 0.6 is 0 Å². The van der Waals surface area contributed by atoms with Gasteiger partial charge < -0.3 is 15.1 Å². The summed E-state index contributed by atoms with van der Waals surface area (Å²) < 4.78 is 0. The van der Waals surface area contributed by atoms with Gasteiger partial charge in [0.1, 0.15) is 5.69 Å². The van der Waals surface area contributed by atoms with E-state index in [1.807, 2.05) is 31.3 Å². The normalized spacial score (nSPS) is 14.8. The fourth-order valence-corrected chi connectivity index (χ4v) is 3.73. The zero-order valence-electron chi connectivity index (χ0n) is 17.5. The van der Waals surface area contributed by atoms with Crippen LogP contribution in [0.5, 0.6) is 0 Å². The Bertz CT molecular complexity index is 791. The van der Waals surface area contributed by atoms with Crippen molar-refractivity contribution in [3.8, 4) is 0 Å². The molecule has 0 saturated carbocycles. The molecule has 28 heavy (non-hydrogen) atoms. The Balaban J connectivity index is 1.66. The van der Waals surface area contributed by atoms with Crippen LogP contribution in [0.15, 0.2) is 36.5 Å². The molecule has 0 aliphatic carbocycles. The SMILES string of the molecule is CCN(CC)c1ccc(NC(=O)c2ccc(N3CCC(C)CC3)cn2)c(C)c1. The van der Waals surface area contributed by atoms with E-state index in [1.54, 1.807) is 0 Å². The molecule has 5 heteroatoms. The van der Waals surface area contributed by atoms with E-state index in [-0.39, 0.29) is 5.91 Å². The summed E-state index contributed by atoms with van der Waals surface area (Å²) in [6.45, 7) is 12.7. The summed E-state index contributed by atoms with van der Waals surface area (Å²) in [4.78, 5) is 21.7. The molecule has 3 rings (SSSR count). The molecule has 1 amide bonds. The van der Waals surface area contributed by atoms with Gasteiger partial charge in [-0.2, -0.15) is 0 Å². The molecule has 0 radical (unpaired) electrons. The number of nitrogens with one attached hydrogen (secondary N) is 1. The van der Waals surface area contributed by atoms with Crippen LogP contribution in [0.3, 0.4) is 0 Å². The highest BCUT2D eigenvalue weighted by molar-refractivity contribution is 6.03. The zero-order valence-corrected chi connectivity index (χ0v) is 17.5. The molecule has 1 saturated heterocycles. The van der Waals surface area contributed by atoms with Crippen molar-refractivity contribution in [1.29, 1.82) is 0 Å². The molecular weight excluding hydrogens is 348 g/mol. The van der Waals surface area contributed by atoms with E-state index in [2.05, 4.69) is 53.0 Å². The van der Waals surface area contributed by atoms with Gasteiger partial charge in [-0.15, -0.1) is 0 Å². The van der Waals surface area contributed by atoms with E-state index in [1.165, 1.54) is 18.5 Å². The van der Waals surface area contributed by atoms with Crippen LogP contribution in [-0.2, 0) is 0 Å². The molecule has 1 fully saturated rings. The summed E-state index contributed by atoms with van der Waals surface area (Å²) >= 11 is 0. The molecule has 150 valence electrons. The molecular formula is C23H32N4O. The monoisotopic (exact) mass is 380 g/mol. The zero-order chi connectivity index (χ0) is 20.1. The lowest BCUT2D eigenvalue weighted by Crippen LogP contribution is -2.32. The predicted molar refractivity (Wildman–Crippen MR) is 118 cm³/mol. The summed E-state index contributed by atoms with van der Waals surface area (Å²) in [6, 6.07) is 9.99. The Morgan fingerprint density at radius 1 is 1.18 bits per heavy atom. The van der Waals surface area contributed by atoms with Crippen LogP contribution in [0.25, 0.3) is 0 Å². The maximum atomic E-state index is 12.6. The largest absolute Gasteiger partial charge is 0.372 e. The lowest BCUT2D eigenvalue weighted by Gasteiger charge is -2.31. The Morgan fingerprint density at radius 2 is 1.89 bits per heavy atom. The summed E-state index contributed by atoms with van der Waals surface area (Å²) in [5.74, 6) is 0.628. The molecule has 2 aromatic rings. The van der Waals surface area contributed by atoms with Crippen molar-refractivity contribution in [3.63, 3.8) is 0 Å². The summed E-state index contributed by atoms with van der Waals surface area (Å²) in [5, 5.41) is 3.00. The number of nitrogens with zero attached hydrogens (tertiary/aromatic N) is 3. The Kier molecular flexibility index (Phi) is 6.55. The molecule has 0 bridgehead atoms. The first kappa shape index (κ1) is 20.2. The average molecular weight is 381 g/mol. The Morgan fingerprint density at radius 3 is 2.46 bits per heavy atom. The van der Waals surface area contributed by atoms with Crippen molar-refractivity contribution in [2.75, 3.05) is 41.3 Å². The van der Waals surface area contributed by atoms with E-state index < -0.39 is 0 Å². The number of benzene rings is 1. The van der Waals surface area contributed by atoms with Crippen LogP contribution in [0.2, 0.25) is 0 Å². The third-order valence-electron chi connectivity index (χ3n) is 5.72. The molecule has 1 aromatic carbocycles. The van der Waals surface area contributed by atoms with Gasteiger partial charge in [0.25, 0.3) is 5.91 Å². The van der Waals surface area contributed by atoms with Crippen molar-refractivity contribution >= 4 is 23.0 Å². The number of carbonyl (C=O) groups excluding carboxylic acids is 1. The highest BCUT2D eigenvalue weighted by atomic mass is 16.1. The van der Waals surface area contributed by atoms with Gasteiger partial charge in [0.2, 0.25) is 0 Å². The number of pyridine rings is 1. The van der Waals surface area contributed by atoms with E-state index in [4.69, 9.17) is 0 Å². The van der Waals surface area contributed by atoms with Gasteiger partial charge in [0.15, 0.2) is 0 Å². The van der Waals surface area contributed by atoms with Crippen molar-refractivity contribution in [1.82, 2.24) is 4.98 Å². The minimum atomic E-state index is -0.169. The molecule has 1 aliphatic heterocycles. The quantitative estimate of drug-likeness (QED) is 0.787. The highest BCUT2D eigenvalue weighted by Crippen LogP contribution is 2.24. The van der Waals surface area contributed by atoms with Gasteiger partial charge in [-0.25, -0.2) is 4.98 Å². The number of rotatable bonds is 6. The molecule has 5 nitrogen and oxygen atoms in total. The van der Waals surface area contributed by atoms with E-state index in [0.717, 1.165) is 49.0 Å². The van der Waals surface area contributed by atoms with E-state index >= 15 is 0 Å². The average Bonchev–Trinajstić information content (AvgIpc) is 2.71. The third-order valence-corrected chi connectivity index (χ3v) is 5.72. The number of hydrogen-bond acceptors (Lipinski definition) is 4. The molecule has 2 heterocycles. The van der Waals surface area contributed by atoms with Gasteiger partial charge >= 0.3 is 0 Å². The number of anilines is 3. The highest BCUT2D eigenvalue weighted by Gasteiger charge is 2.17. The van der Waals surface area contributed by atoms with E-state index in [0.29, 0.717) is 5.69 Å². The maximum Gasteiger partial charge on any atom is 0.274 e. The van der Waals surface area contributed by atoms with Gasteiger partial charge in [0.05, 0.1) is 11.9 Å². The van der Waals surface area contributed by atoms with Crippen LogP contribution in [0.4, 0.5) is 17.1 Å². The minimum Gasteiger partial charge on any atom is -0.372 e. The maximum absolute atomic E-state index is 12.6. The lowest BCUT2D eigenvalue weighted by atomic mass is 9.99. The van der Waals surface area contributed by atoms with Crippen molar-refractivity contribution in [2.24, 2.45) is 5.92 Å². The minimum absolute atomic E-state index is 0.169. The second-order valence-electron chi connectivity index (χ2n) is 7.70. The number of carbonyl (C=O) groups is 1. The van der Waals surface area contributed by atoms with Crippen LogP contribution in [0, 0.1) is 12.8 Å². The van der Waals surface area contributed by atoms with Crippen LogP contribution in [-0.4, -0.2) is 37.1 Å². The fraction of sp³-hybridized carbons (Fsp3) is 0.478. The first-order valence-corrected chi connectivity index (χ1v) is 10.4. The Labute approximate surface area is 168 Å². The van der Waals surface area contributed by atoms with Crippen molar-refractivity contribution in [2.45, 2.75) is 40.5 Å². The standard InChI is InChI=1S/C23H32N4O/c1-5-26(6-2)19-7-9-21(18(4)15-19)25-23(28)22-10-8-20(16-24-22)27-13-11-17(3)12-14-27/h7-10,15-17H,5-6,11-14H2,1-4H3,(H,25,28). The molecule has 0 atom stereocenters.